The van der Waals surface area contributed by atoms with Crippen LogP contribution in [0, 0.1) is 0 Å². The van der Waals surface area contributed by atoms with Crippen molar-refractivity contribution in [3.63, 3.8) is 0 Å². The SMILES string of the molecule is CCC(C)(O)CNC(C)C(=O)O. The van der Waals surface area contributed by atoms with Gasteiger partial charge in [-0.2, -0.15) is 0 Å². The third kappa shape index (κ3) is 4.31. The van der Waals surface area contributed by atoms with Gasteiger partial charge in [0, 0.05) is 6.54 Å². The van der Waals surface area contributed by atoms with Crippen molar-refractivity contribution in [1.29, 1.82) is 0 Å². The van der Waals surface area contributed by atoms with Crippen molar-refractivity contribution in [2.24, 2.45) is 0 Å². The Morgan fingerprint density at radius 2 is 2.17 bits per heavy atom. The van der Waals surface area contributed by atoms with Gasteiger partial charge in [-0.25, -0.2) is 0 Å². The number of aliphatic carboxylic acids is 1. The monoisotopic (exact) mass is 175 g/mol. The average molecular weight is 175 g/mol. The first-order chi connectivity index (χ1) is 5.39. The van der Waals surface area contributed by atoms with Crippen LogP contribution in [0.25, 0.3) is 0 Å². The number of carboxylic acids is 1. The maximum Gasteiger partial charge on any atom is 0.320 e. The molecule has 0 bridgehead atoms. The van der Waals surface area contributed by atoms with Crippen LogP contribution in [0.3, 0.4) is 0 Å². The molecule has 0 aliphatic heterocycles. The zero-order valence-corrected chi connectivity index (χ0v) is 7.79. The molecular formula is C8H17NO3. The predicted molar refractivity (Wildman–Crippen MR) is 46.0 cm³/mol. The van der Waals surface area contributed by atoms with Gasteiger partial charge < -0.3 is 15.5 Å². The van der Waals surface area contributed by atoms with E-state index in [1.54, 1.807) is 13.8 Å². The molecule has 4 heteroatoms. The van der Waals surface area contributed by atoms with Gasteiger partial charge >= 0.3 is 5.97 Å². The number of hydrogen-bond donors (Lipinski definition) is 3. The highest BCUT2D eigenvalue weighted by Crippen LogP contribution is 2.06. The summed E-state index contributed by atoms with van der Waals surface area (Å²) >= 11 is 0. The minimum atomic E-state index is -0.901. The van der Waals surface area contributed by atoms with Crippen LogP contribution in [0.15, 0.2) is 0 Å². The summed E-state index contributed by atoms with van der Waals surface area (Å²) in [6.45, 7) is 5.38. The zero-order valence-electron chi connectivity index (χ0n) is 7.79. The first-order valence-electron chi connectivity index (χ1n) is 4.07. The molecule has 0 aromatic rings. The van der Waals surface area contributed by atoms with Gasteiger partial charge in [0.1, 0.15) is 6.04 Å². The lowest BCUT2D eigenvalue weighted by Crippen LogP contribution is -2.44. The average Bonchev–Trinajstić information content (AvgIpc) is 2.00. The standard InChI is InChI=1S/C8H17NO3/c1-4-8(3,12)5-9-6(2)7(10)11/h6,9,12H,4-5H2,1-3H3,(H,10,11). The fourth-order valence-corrected chi connectivity index (χ4v) is 0.585. The van der Waals surface area contributed by atoms with Crippen LogP contribution in [0.4, 0.5) is 0 Å². The van der Waals surface area contributed by atoms with Crippen molar-refractivity contribution in [1.82, 2.24) is 5.32 Å². The highest BCUT2D eigenvalue weighted by molar-refractivity contribution is 5.72. The Hall–Kier alpha value is -0.610. The number of hydrogen-bond acceptors (Lipinski definition) is 3. The molecule has 0 aliphatic carbocycles. The van der Waals surface area contributed by atoms with Crippen LogP contribution in [0.2, 0.25) is 0 Å². The van der Waals surface area contributed by atoms with E-state index in [-0.39, 0.29) is 0 Å². The molecule has 0 radical (unpaired) electrons. The maximum atomic E-state index is 10.4. The lowest BCUT2D eigenvalue weighted by atomic mass is 10.0. The van der Waals surface area contributed by atoms with Crippen molar-refractivity contribution in [2.45, 2.75) is 38.8 Å². The molecule has 0 saturated carbocycles. The van der Waals surface area contributed by atoms with Crippen LogP contribution in [-0.2, 0) is 4.79 Å². The molecule has 0 aliphatic rings. The number of carbonyl (C=O) groups is 1. The Labute approximate surface area is 72.6 Å². The Morgan fingerprint density at radius 3 is 2.50 bits per heavy atom. The summed E-state index contributed by atoms with van der Waals surface area (Å²) in [5, 5.41) is 20.7. The summed E-state index contributed by atoms with van der Waals surface area (Å²) in [4.78, 5) is 10.4. The van der Waals surface area contributed by atoms with Gasteiger partial charge in [-0.1, -0.05) is 6.92 Å². The summed E-state index contributed by atoms with van der Waals surface area (Å²) in [6, 6.07) is -0.608. The van der Waals surface area contributed by atoms with Crippen LogP contribution in [0.1, 0.15) is 27.2 Å². The number of nitrogens with one attached hydrogen (secondary N) is 1. The minimum Gasteiger partial charge on any atom is -0.480 e. The van der Waals surface area contributed by atoms with E-state index in [4.69, 9.17) is 5.11 Å². The molecule has 0 saturated heterocycles. The van der Waals surface area contributed by atoms with E-state index in [1.165, 1.54) is 0 Å². The van der Waals surface area contributed by atoms with Gasteiger partial charge in [0.05, 0.1) is 5.60 Å². The smallest absolute Gasteiger partial charge is 0.320 e. The number of rotatable bonds is 5. The van der Waals surface area contributed by atoms with E-state index in [2.05, 4.69) is 5.32 Å². The van der Waals surface area contributed by atoms with Gasteiger partial charge in [-0.15, -0.1) is 0 Å². The van der Waals surface area contributed by atoms with Crippen LogP contribution in [-0.4, -0.2) is 34.4 Å². The highest BCUT2D eigenvalue weighted by Gasteiger charge is 2.19. The Kier molecular flexibility index (Phi) is 4.20. The van der Waals surface area contributed by atoms with Crippen LogP contribution < -0.4 is 5.32 Å². The summed E-state index contributed by atoms with van der Waals surface area (Å²) < 4.78 is 0. The molecular weight excluding hydrogens is 158 g/mol. The number of aliphatic hydroxyl groups is 1. The van der Waals surface area contributed by atoms with Gasteiger partial charge in [-0.3, -0.25) is 4.79 Å². The zero-order chi connectivity index (χ0) is 9.78. The molecule has 0 rings (SSSR count). The van der Waals surface area contributed by atoms with Crippen LogP contribution in [0.5, 0.6) is 0 Å². The molecule has 72 valence electrons. The van der Waals surface area contributed by atoms with Crippen molar-refractivity contribution >= 4 is 5.97 Å². The summed E-state index contributed by atoms with van der Waals surface area (Å²) in [6.07, 6.45) is 0.604. The molecule has 4 nitrogen and oxygen atoms in total. The lowest BCUT2D eigenvalue weighted by molar-refractivity contribution is -0.139. The second-order valence-electron chi connectivity index (χ2n) is 3.29. The van der Waals surface area contributed by atoms with Gasteiger partial charge in [-0.05, 0) is 20.3 Å². The maximum absolute atomic E-state index is 10.4. The van der Waals surface area contributed by atoms with Crippen molar-refractivity contribution in [3.05, 3.63) is 0 Å². The van der Waals surface area contributed by atoms with E-state index >= 15 is 0 Å². The fraction of sp³-hybridized carbons (Fsp3) is 0.875. The molecule has 0 aromatic carbocycles. The third-order valence-electron chi connectivity index (χ3n) is 1.92. The molecule has 2 atom stereocenters. The summed E-state index contributed by atoms with van der Waals surface area (Å²) in [7, 11) is 0. The fourth-order valence-electron chi connectivity index (χ4n) is 0.585. The molecule has 2 unspecified atom stereocenters. The molecule has 0 aromatic heterocycles. The largest absolute Gasteiger partial charge is 0.480 e. The minimum absolute atomic E-state index is 0.303. The summed E-state index contributed by atoms with van der Waals surface area (Å²) in [5.41, 5.74) is -0.816. The third-order valence-corrected chi connectivity index (χ3v) is 1.92. The van der Waals surface area contributed by atoms with Gasteiger partial charge in [0.25, 0.3) is 0 Å². The summed E-state index contributed by atoms with van der Waals surface area (Å²) in [5.74, 6) is -0.901. The van der Waals surface area contributed by atoms with Crippen molar-refractivity contribution < 1.29 is 15.0 Å². The van der Waals surface area contributed by atoms with Crippen molar-refractivity contribution in [2.75, 3.05) is 6.54 Å². The van der Waals surface area contributed by atoms with Crippen LogP contribution >= 0.6 is 0 Å². The Bertz CT molecular complexity index is 156. The van der Waals surface area contributed by atoms with E-state index in [0.29, 0.717) is 13.0 Å². The topological polar surface area (TPSA) is 69.6 Å². The molecule has 0 amide bonds. The van der Waals surface area contributed by atoms with E-state index in [1.807, 2.05) is 6.92 Å². The van der Waals surface area contributed by atoms with E-state index < -0.39 is 17.6 Å². The Morgan fingerprint density at radius 1 is 1.67 bits per heavy atom. The quantitative estimate of drug-likeness (QED) is 0.558. The van der Waals surface area contributed by atoms with E-state index in [9.17, 15) is 9.90 Å². The highest BCUT2D eigenvalue weighted by atomic mass is 16.4. The number of carboxylic acid groups (broad SMARTS) is 1. The molecule has 12 heavy (non-hydrogen) atoms. The van der Waals surface area contributed by atoms with Gasteiger partial charge in [0.15, 0.2) is 0 Å². The lowest BCUT2D eigenvalue weighted by Gasteiger charge is -2.22. The predicted octanol–water partition coefficient (Wildman–Crippen LogP) is 0.210. The molecule has 0 spiro atoms. The normalized spacial score (nSPS) is 18.3. The first kappa shape index (κ1) is 11.4. The molecule has 0 fully saturated rings. The second kappa shape index (κ2) is 4.42. The van der Waals surface area contributed by atoms with Crippen molar-refractivity contribution in [3.8, 4) is 0 Å². The molecule has 3 N–H and O–H groups in total. The second-order valence-corrected chi connectivity index (χ2v) is 3.29. The first-order valence-corrected chi connectivity index (χ1v) is 4.07. The molecule has 0 heterocycles. The Balaban J connectivity index is 3.75. The van der Waals surface area contributed by atoms with Gasteiger partial charge in [0.2, 0.25) is 0 Å². The van der Waals surface area contributed by atoms with E-state index in [0.717, 1.165) is 0 Å².